The summed E-state index contributed by atoms with van der Waals surface area (Å²) < 4.78 is 7.13. The number of benzene rings is 1. The Bertz CT molecular complexity index is 804. The van der Waals surface area contributed by atoms with Crippen molar-refractivity contribution < 1.29 is 9.21 Å². The number of hydrogen-bond acceptors (Lipinski definition) is 5. The molecule has 0 atom stereocenters. The van der Waals surface area contributed by atoms with Gasteiger partial charge < -0.3 is 4.42 Å². The third kappa shape index (κ3) is 3.63. The lowest BCUT2D eigenvalue weighted by Crippen LogP contribution is -2.13. The molecular weight excluding hydrogens is 294 g/mol. The quantitative estimate of drug-likeness (QED) is 0.782. The van der Waals surface area contributed by atoms with E-state index < -0.39 is 0 Å². The van der Waals surface area contributed by atoms with Crippen molar-refractivity contribution in [3.8, 4) is 0 Å². The van der Waals surface area contributed by atoms with Crippen molar-refractivity contribution in [1.82, 2.24) is 20.0 Å². The highest BCUT2D eigenvalue weighted by Crippen LogP contribution is 2.12. The van der Waals surface area contributed by atoms with E-state index in [-0.39, 0.29) is 11.9 Å². The fraction of sp³-hybridized carbons (Fsp3) is 0.250. The number of rotatable bonds is 5. The minimum absolute atomic E-state index is 0.0724. The van der Waals surface area contributed by atoms with Gasteiger partial charge in [-0.05, 0) is 25.5 Å². The fourth-order valence-corrected chi connectivity index (χ4v) is 2.08. The molecule has 1 N–H and O–H groups in total. The van der Waals surface area contributed by atoms with Gasteiger partial charge in [-0.3, -0.25) is 14.8 Å². The van der Waals surface area contributed by atoms with Crippen LogP contribution in [0, 0.1) is 6.92 Å². The maximum Gasteiger partial charge on any atom is 0.322 e. The molecular formula is C16H17N5O2. The molecule has 0 aliphatic rings. The predicted octanol–water partition coefficient (Wildman–Crippen LogP) is 2.44. The Labute approximate surface area is 133 Å². The zero-order valence-corrected chi connectivity index (χ0v) is 13.0. The Balaban J connectivity index is 1.64. The number of carbonyl (C=O) groups excluding carboxylic acids is 1. The van der Waals surface area contributed by atoms with Crippen LogP contribution in [0.5, 0.6) is 0 Å². The average molecular weight is 311 g/mol. The largest absolute Gasteiger partial charge is 0.407 e. The van der Waals surface area contributed by atoms with Crippen LogP contribution >= 0.6 is 0 Å². The number of nitrogens with zero attached hydrogens (tertiary/aromatic N) is 4. The Morgan fingerprint density at radius 2 is 2.00 bits per heavy atom. The molecule has 0 spiro atoms. The van der Waals surface area contributed by atoms with E-state index in [4.69, 9.17) is 4.42 Å². The smallest absolute Gasteiger partial charge is 0.322 e. The fourth-order valence-electron chi connectivity index (χ4n) is 2.08. The van der Waals surface area contributed by atoms with Crippen LogP contribution in [0.3, 0.4) is 0 Å². The van der Waals surface area contributed by atoms with Crippen molar-refractivity contribution in [2.45, 2.75) is 26.8 Å². The van der Waals surface area contributed by atoms with Crippen LogP contribution in [0.15, 0.2) is 40.9 Å². The second-order valence-electron chi connectivity index (χ2n) is 5.17. The highest BCUT2D eigenvalue weighted by Gasteiger charge is 2.14. The molecule has 0 bridgehead atoms. The maximum absolute atomic E-state index is 12.0. The predicted molar refractivity (Wildman–Crippen MR) is 84.1 cm³/mol. The van der Waals surface area contributed by atoms with E-state index in [2.05, 4.69) is 20.6 Å². The average Bonchev–Trinajstić information content (AvgIpc) is 3.19. The van der Waals surface area contributed by atoms with Crippen LogP contribution in [-0.2, 0) is 13.0 Å². The second kappa shape index (κ2) is 6.43. The van der Waals surface area contributed by atoms with Gasteiger partial charge in [-0.1, -0.05) is 34.9 Å². The summed E-state index contributed by atoms with van der Waals surface area (Å²) in [5.74, 6) is 0.0750. The summed E-state index contributed by atoms with van der Waals surface area (Å²) in [7, 11) is 0. The third-order valence-corrected chi connectivity index (χ3v) is 3.36. The number of aromatic nitrogens is 4. The Morgan fingerprint density at radius 1 is 1.22 bits per heavy atom. The Morgan fingerprint density at radius 3 is 2.70 bits per heavy atom. The summed E-state index contributed by atoms with van der Waals surface area (Å²) in [6, 6.07) is 9.78. The van der Waals surface area contributed by atoms with Crippen LogP contribution in [0.1, 0.15) is 34.4 Å². The lowest BCUT2D eigenvalue weighted by atomic mass is 10.1. The molecule has 0 fully saturated rings. The highest BCUT2D eigenvalue weighted by molar-refractivity contribution is 6.01. The number of nitrogens with one attached hydrogen (secondary N) is 1. The minimum atomic E-state index is -0.372. The van der Waals surface area contributed by atoms with Gasteiger partial charge in [-0.2, -0.15) is 5.10 Å². The van der Waals surface area contributed by atoms with Crippen molar-refractivity contribution >= 4 is 11.9 Å². The SMILES string of the molecule is CCn1ccc(C(=O)Nc2nnc(Cc3ccc(C)cc3)o2)n1. The molecule has 0 aliphatic heterocycles. The minimum Gasteiger partial charge on any atom is -0.407 e. The van der Waals surface area contributed by atoms with Crippen molar-refractivity contribution in [3.63, 3.8) is 0 Å². The molecule has 7 nitrogen and oxygen atoms in total. The molecule has 0 saturated heterocycles. The number of hydrogen-bond donors (Lipinski definition) is 1. The summed E-state index contributed by atoms with van der Waals surface area (Å²) >= 11 is 0. The molecule has 0 unspecified atom stereocenters. The molecule has 118 valence electrons. The monoisotopic (exact) mass is 311 g/mol. The molecule has 7 heteroatoms. The van der Waals surface area contributed by atoms with Gasteiger partial charge in [0.1, 0.15) is 0 Å². The van der Waals surface area contributed by atoms with E-state index in [9.17, 15) is 4.79 Å². The molecule has 2 aromatic heterocycles. The van der Waals surface area contributed by atoms with E-state index in [1.54, 1.807) is 16.9 Å². The number of aryl methyl sites for hydroxylation is 2. The van der Waals surface area contributed by atoms with Gasteiger partial charge in [0.2, 0.25) is 5.89 Å². The molecule has 3 aromatic rings. The van der Waals surface area contributed by atoms with Crippen LogP contribution in [-0.4, -0.2) is 25.9 Å². The molecule has 1 amide bonds. The molecule has 23 heavy (non-hydrogen) atoms. The first-order valence-corrected chi connectivity index (χ1v) is 7.37. The Kier molecular flexibility index (Phi) is 4.18. The van der Waals surface area contributed by atoms with Gasteiger partial charge >= 0.3 is 6.01 Å². The number of carbonyl (C=O) groups is 1. The van der Waals surface area contributed by atoms with Crippen molar-refractivity contribution in [3.05, 3.63) is 59.2 Å². The van der Waals surface area contributed by atoms with E-state index in [1.807, 2.05) is 38.1 Å². The van der Waals surface area contributed by atoms with E-state index in [0.29, 0.717) is 24.6 Å². The standard InChI is InChI=1S/C16H17N5O2/c1-3-21-9-8-13(20-21)15(22)17-16-19-18-14(23-16)10-12-6-4-11(2)5-7-12/h4-9H,3,10H2,1-2H3,(H,17,19,22). The summed E-state index contributed by atoms with van der Waals surface area (Å²) in [6.07, 6.45) is 2.26. The van der Waals surface area contributed by atoms with Gasteiger partial charge in [0, 0.05) is 12.7 Å². The molecule has 2 heterocycles. The van der Waals surface area contributed by atoms with Crippen LogP contribution in [0.2, 0.25) is 0 Å². The molecule has 1 aromatic carbocycles. The van der Waals surface area contributed by atoms with Gasteiger partial charge in [0.25, 0.3) is 5.91 Å². The normalized spacial score (nSPS) is 10.7. The number of anilines is 1. The summed E-state index contributed by atoms with van der Waals surface area (Å²) in [4.78, 5) is 12.0. The highest BCUT2D eigenvalue weighted by atomic mass is 16.4. The van der Waals surface area contributed by atoms with Gasteiger partial charge in [-0.25, -0.2) is 0 Å². The van der Waals surface area contributed by atoms with Crippen molar-refractivity contribution in [2.75, 3.05) is 5.32 Å². The van der Waals surface area contributed by atoms with Crippen LogP contribution in [0.25, 0.3) is 0 Å². The molecule has 0 aliphatic carbocycles. The maximum atomic E-state index is 12.0. The van der Waals surface area contributed by atoms with E-state index >= 15 is 0 Å². The van der Waals surface area contributed by atoms with Gasteiger partial charge in [0.05, 0.1) is 6.42 Å². The molecule has 3 rings (SSSR count). The molecule has 0 radical (unpaired) electrons. The molecule has 0 saturated carbocycles. The lowest BCUT2D eigenvalue weighted by Gasteiger charge is -1.98. The first-order valence-electron chi connectivity index (χ1n) is 7.37. The summed E-state index contributed by atoms with van der Waals surface area (Å²) in [5.41, 5.74) is 2.57. The van der Waals surface area contributed by atoms with Crippen LogP contribution < -0.4 is 5.32 Å². The number of amides is 1. The van der Waals surface area contributed by atoms with Gasteiger partial charge in [-0.15, -0.1) is 5.10 Å². The summed E-state index contributed by atoms with van der Waals surface area (Å²) in [5, 5.41) is 14.5. The Hall–Kier alpha value is -2.96. The first-order chi connectivity index (χ1) is 11.1. The first kappa shape index (κ1) is 15.0. The lowest BCUT2D eigenvalue weighted by molar-refractivity contribution is 0.101. The topological polar surface area (TPSA) is 85.8 Å². The second-order valence-corrected chi connectivity index (χ2v) is 5.17. The summed E-state index contributed by atoms with van der Waals surface area (Å²) in [6.45, 7) is 4.68. The van der Waals surface area contributed by atoms with E-state index in [0.717, 1.165) is 5.56 Å². The zero-order chi connectivity index (χ0) is 16.2. The van der Waals surface area contributed by atoms with Crippen LogP contribution in [0.4, 0.5) is 6.01 Å². The van der Waals surface area contributed by atoms with Crippen molar-refractivity contribution in [2.24, 2.45) is 0 Å². The van der Waals surface area contributed by atoms with E-state index in [1.165, 1.54) is 5.56 Å². The van der Waals surface area contributed by atoms with Crippen molar-refractivity contribution in [1.29, 1.82) is 0 Å². The zero-order valence-electron chi connectivity index (χ0n) is 13.0. The van der Waals surface area contributed by atoms with Gasteiger partial charge in [0.15, 0.2) is 5.69 Å². The third-order valence-electron chi connectivity index (χ3n) is 3.36.